The first-order valence-corrected chi connectivity index (χ1v) is 6.53. The molecule has 0 spiro atoms. The molecule has 0 unspecified atom stereocenters. The Morgan fingerprint density at radius 1 is 1.38 bits per heavy atom. The number of nitrogens with zero attached hydrogens (tertiary/aromatic N) is 1. The Morgan fingerprint density at radius 2 is 2.00 bits per heavy atom. The standard InChI is InChI=1S/C5H13N3O3S2/c6-5(7)8-3-1-2-4-12-13(9,10)11/h1-4H2,(H4,6,7,8)(H,9,10,11). The number of rotatable bonds is 6. The van der Waals surface area contributed by atoms with Crippen molar-refractivity contribution in [2.45, 2.75) is 12.8 Å². The second kappa shape index (κ2) is 6.06. The fraction of sp³-hybridized carbons (Fsp3) is 0.800. The van der Waals surface area contributed by atoms with Gasteiger partial charge in [0.1, 0.15) is 0 Å². The second-order valence-corrected chi connectivity index (χ2v) is 5.73. The van der Waals surface area contributed by atoms with Gasteiger partial charge in [0.05, 0.1) is 0 Å². The third-order valence-electron chi connectivity index (χ3n) is 1.08. The molecular weight excluding hydrogens is 214 g/mol. The zero-order valence-electron chi connectivity index (χ0n) is 7.01. The van der Waals surface area contributed by atoms with Crippen molar-refractivity contribution in [3.63, 3.8) is 0 Å². The maximum absolute atomic E-state index is 10.2. The Labute approximate surface area is 80.9 Å². The van der Waals surface area contributed by atoms with Gasteiger partial charge in [-0.2, -0.15) is 8.42 Å². The maximum Gasteiger partial charge on any atom is 0.319 e. The third-order valence-corrected chi connectivity index (χ3v) is 3.23. The number of guanidine groups is 1. The summed E-state index contributed by atoms with van der Waals surface area (Å²) in [6, 6.07) is 0. The van der Waals surface area contributed by atoms with Gasteiger partial charge in [-0.3, -0.25) is 9.55 Å². The molecule has 5 N–H and O–H groups in total. The van der Waals surface area contributed by atoms with Gasteiger partial charge in [0.25, 0.3) is 0 Å². The SMILES string of the molecule is NC(N)=NCCCCSS(=O)(=O)O. The molecule has 0 rings (SSSR count). The summed E-state index contributed by atoms with van der Waals surface area (Å²) in [6.07, 6.45) is 1.33. The first kappa shape index (κ1) is 12.5. The van der Waals surface area contributed by atoms with Crippen molar-refractivity contribution in [2.24, 2.45) is 16.5 Å². The van der Waals surface area contributed by atoms with E-state index in [-0.39, 0.29) is 5.96 Å². The first-order chi connectivity index (χ1) is 5.92. The average molecular weight is 227 g/mol. The normalized spacial score (nSPS) is 11.2. The van der Waals surface area contributed by atoms with E-state index in [1.807, 2.05) is 0 Å². The molecule has 0 radical (unpaired) electrons. The molecule has 0 amide bonds. The molecule has 8 heteroatoms. The van der Waals surface area contributed by atoms with Crippen LogP contribution in [0.4, 0.5) is 0 Å². The summed E-state index contributed by atoms with van der Waals surface area (Å²) < 4.78 is 28.8. The molecule has 0 saturated heterocycles. The molecule has 0 aromatic carbocycles. The van der Waals surface area contributed by atoms with E-state index in [4.69, 9.17) is 16.0 Å². The van der Waals surface area contributed by atoms with Gasteiger partial charge in [-0.05, 0) is 23.6 Å². The van der Waals surface area contributed by atoms with E-state index in [0.717, 1.165) is 0 Å². The van der Waals surface area contributed by atoms with Gasteiger partial charge in [-0.25, -0.2) is 0 Å². The fourth-order valence-corrected chi connectivity index (χ4v) is 2.10. The summed E-state index contributed by atoms with van der Waals surface area (Å²) in [4.78, 5) is 3.71. The van der Waals surface area contributed by atoms with Crippen molar-refractivity contribution in [1.29, 1.82) is 0 Å². The third kappa shape index (κ3) is 11.5. The summed E-state index contributed by atoms with van der Waals surface area (Å²) in [5, 5.41) is 0. The van der Waals surface area contributed by atoms with Gasteiger partial charge in [-0.15, -0.1) is 0 Å². The lowest BCUT2D eigenvalue weighted by Crippen LogP contribution is -2.22. The van der Waals surface area contributed by atoms with Gasteiger partial charge in [0.2, 0.25) is 0 Å². The molecule has 0 aliphatic carbocycles. The first-order valence-electron chi connectivity index (χ1n) is 3.59. The van der Waals surface area contributed by atoms with Crippen LogP contribution in [0.15, 0.2) is 4.99 Å². The molecule has 0 heterocycles. The number of unbranched alkanes of at least 4 members (excludes halogenated alkanes) is 1. The molecule has 13 heavy (non-hydrogen) atoms. The van der Waals surface area contributed by atoms with Crippen LogP contribution in [0.5, 0.6) is 0 Å². The number of hydrogen-bond donors (Lipinski definition) is 3. The van der Waals surface area contributed by atoms with Crippen LogP contribution in [0, 0.1) is 0 Å². The lowest BCUT2D eigenvalue weighted by molar-refractivity contribution is 0.503. The van der Waals surface area contributed by atoms with Gasteiger partial charge >= 0.3 is 9.15 Å². The van der Waals surface area contributed by atoms with E-state index < -0.39 is 9.15 Å². The summed E-state index contributed by atoms with van der Waals surface area (Å²) in [5.41, 5.74) is 10.1. The molecular formula is C5H13N3O3S2. The highest BCUT2D eigenvalue weighted by Gasteiger charge is 2.03. The van der Waals surface area contributed by atoms with E-state index in [0.29, 0.717) is 35.9 Å². The summed E-state index contributed by atoms with van der Waals surface area (Å²) in [5.74, 6) is 0.376. The maximum atomic E-state index is 10.2. The van der Waals surface area contributed by atoms with Crippen molar-refractivity contribution < 1.29 is 13.0 Å². The van der Waals surface area contributed by atoms with Crippen molar-refractivity contribution >= 4 is 25.9 Å². The Kier molecular flexibility index (Phi) is 5.84. The molecule has 0 aromatic rings. The monoisotopic (exact) mass is 227 g/mol. The lowest BCUT2D eigenvalue weighted by atomic mass is 10.3. The van der Waals surface area contributed by atoms with Crippen molar-refractivity contribution in [3.05, 3.63) is 0 Å². The van der Waals surface area contributed by atoms with E-state index in [2.05, 4.69) is 4.99 Å². The predicted molar refractivity (Wildman–Crippen MR) is 53.9 cm³/mol. The van der Waals surface area contributed by atoms with Crippen LogP contribution < -0.4 is 11.5 Å². The lowest BCUT2D eigenvalue weighted by Gasteiger charge is -1.96. The minimum atomic E-state index is -3.90. The highest BCUT2D eigenvalue weighted by atomic mass is 33.1. The summed E-state index contributed by atoms with van der Waals surface area (Å²) >= 11 is 0. The van der Waals surface area contributed by atoms with E-state index in [1.165, 1.54) is 0 Å². The van der Waals surface area contributed by atoms with Gasteiger partial charge in [0.15, 0.2) is 5.96 Å². The van der Waals surface area contributed by atoms with Crippen LogP contribution >= 0.6 is 10.8 Å². The number of nitrogens with two attached hydrogens (primary N) is 2. The molecule has 0 bridgehead atoms. The molecule has 0 fully saturated rings. The Balaban J connectivity index is 3.33. The van der Waals surface area contributed by atoms with Crippen LogP contribution in [0.1, 0.15) is 12.8 Å². The Bertz CT molecular complexity index is 258. The van der Waals surface area contributed by atoms with Crippen LogP contribution in [-0.2, 0) is 9.15 Å². The summed E-state index contributed by atoms with van der Waals surface area (Å²) in [6.45, 7) is 0.481. The van der Waals surface area contributed by atoms with Crippen LogP contribution in [0.25, 0.3) is 0 Å². The second-order valence-electron chi connectivity index (χ2n) is 2.26. The zero-order chi connectivity index (χ0) is 10.3. The Hall–Kier alpha value is -0.470. The minimum absolute atomic E-state index is 0.0300. The smallest absolute Gasteiger partial charge is 0.319 e. The van der Waals surface area contributed by atoms with Crippen LogP contribution in [-0.4, -0.2) is 31.2 Å². The average Bonchev–Trinajstić information content (AvgIpc) is 1.93. The fourth-order valence-electron chi connectivity index (χ4n) is 0.586. The summed E-state index contributed by atoms with van der Waals surface area (Å²) in [7, 11) is -3.39. The minimum Gasteiger partial charge on any atom is -0.370 e. The van der Waals surface area contributed by atoms with Crippen LogP contribution in [0.2, 0.25) is 0 Å². The van der Waals surface area contributed by atoms with Gasteiger partial charge in [-0.1, -0.05) is 0 Å². The van der Waals surface area contributed by atoms with Crippen molar-refractivity contribution in [3.8, 4) is 0 Å². The van der Waals surface area contributed by atoms with Crippen LogP contribution in [0.3, 0.4) is 0 Å². The molecule has 0 aliphatic rings. The van der Waals surface area contributed by atoms with Gasteiger partial charge < -0.3 is 11.5 Å². The van der Waals surface area contributed by atoms with Crippen molar-refractivity contribution in [2.75, 3.05) is 12.3 Å². The molecule has 0 aromatic heterocycles. The topological polar surface area (TPSA) is 119 Å². The molecule has 6 nitrogen and oxygen atoms in total. The predicted octanol–water partition coefficient (Wildman–Crippen LogP) is -0.424. The number of aliphatic imine (C=N–C) groups is 1. The molecule has 78 valence electrons. The van der Waals surface area contributed by atoms with E-state index in [9.17, 15) is 8.42 Å². The van der Waals surface area contributed by atoms with Crippen molar-refractivity contribution in [1.82, 2.24) is 0 Å². The number of hydrogen-bond acceptors (Lipinski definition) is 4. The quantitative estimate of drug-likeness (QED) is 0.186. The highest BCUT2D eigenvalue weighted by Crippen LogP contribution is 2.11. The van der Waals surface area contributed by atoms with E-state index in [1.54, 1.807) is 0 Å². The largest absolute Gasteiger partial charge is 0.370 e. The molecule has 0 aliphatic heterocycles. The zero-order valence-corrected chi connectivity index (χ0v) is 8.64. The molecule has 0 atom stereocenters. The van der Waals surface area contributed by atoms with Gasteiger partial charge in [0, 0.05) is 12.3 Å². The van der Waals surface area contributed by atoms with E-state index >= 15 is 0 Å². The highest BCUT2D eigenvalue weighted by molar-refractivity contribution is 8.69. The molecule has 0 saturated carbocycles. The Morgan fingerprint density at radius 3 is 2.46 bits per heavy atom.